The van der Waals surface area contributed by atoms with Crippen molar-refractivity contribution in [1.82, 2.24) is 20.5 Å². The van der Waals surface area contributed by atoms with Gasteiger partial charge < -0.3 is 14.7 Å². The van der Waals surface area contributed by atoms with Crippen molar-refractivity contribution in [2.75, 3.05) is 0 Å². The van der Waals surface area contributed by atoms with Crippen LogP contribution in [-0.4, -0.2) is 27.1 Å². The molecule has 2 N–H and O–H groups in total. The van der Waals surface area contributed by atoms with Gasteiger partial charge in [-0.2, -0.15) is 0 Å². The van der Waals surface area contributed by atoms with Crippen LogP contribution in [-0.2, 0) is 4.79 Å². The monoisotopic (exact) mass is 390 g/mol. The van der Waals surface area contributed by atoms with Crippen molar-refractivity contribution in [3.8, 4) is 11.5 Å². The van der Waals surface area contributed by atoms with Crippen LogP contribution in [0.3, 0.4) is 0 Å². The van der Waals surface area contributed by atoms with Crippen LogP contribution in [0, 0.1) is 0 Å². The van der Waals surface area contributed by atoms with Crippen LogP contribution in [0.4, 0.5) is 0 Å². The summed E-state index contributed by atoms with van der Waals surface area (Å²) >= 11 is 1.28. The Kier molecular flexibility index (Phi) is 4.37. The Hall–Kier alpha value is -3.06. The van der Waals surface area contributed by atoms with E-state index in [0.29, 0.717) is 17.2 Å². The predicted molar refractivity (Wildman–Crippen MR) is 108 cm³/mol. The van der Waals surface area contributed by atoms with E-state index in [1.54, 1.807) is 0 Å². The second kappa shape index (κ2) is 7.16. The highest BCUT2D eigenvalue weighted by Gasteiger charge is 2.30. The van der Waals surface area contributed by atoms with E-state index >= 15 is 0 Å². The minimum absolute atomic E-state index is 0.0226. The molecule has 0 spiro atoms. The zero-order chi connectivity index (χ0) is 18.9. The molecule has 0 bridgehead atoms. The highest BCUT2D eigenvalue weighted by Crippen LogP contribution is 2.37. The second-order valence-corrected chi connectivity index (χ2v) is 7.87. The summed E-state index contributed by atoms with van der Waals surface area (Å²) in [5.74, 6) is 0.417. The van der Waals surface area contributed by atoms with E-state index in [1.165, 1.54) is 11.8 Å². The Labute approximate surface area is 165 Å². The van der Waals surface area contributed by atoms with Gasteiger partial charge >= 0.3 is 0 Å². The average molecular weight is 390 g/mol. The Morgan fingerprint density at radius 1 is 1.11 bits per heavy atom. The number of thioether (sulfide) groups is 1. The second-order valence-electron chi connectivity index (χ2n) is 6.81. The van der Waals surface area contributed by atoms with Crippen molar-refractivity contribution in [2.45, 2.75) is 29.4 Å². The van der Waals surface area contributed by atoms with E-state index in [0.717, 1.165) is 34.9 Å². The number of aromatic amines is 1. The van der Waals surface area contributed by atoms with Gasteiger partial charge in [0.15, 0.2) is 0 Å². The van der Waals surface area contributed by atoms with Crippen LogP contribution in [0.15, 0.2) is 70.4 Å². The van der Waals surface area contributed by atoms with Gasteiger partial charge in [0, 0.05) is 23.1 Å². The first kappa shape index (κ1) is 17.1. The number of H-pyrrole nitrogens is 1. The molecule has 5 rings (SSSR count). The standard InChI is InChI=1S/C21H18N4O2S/c26-19(23-14-10-11-14)18(13-6-2-1-3-7-13)28-21-25-24-20(27-21)16-12-22-17-9-5-4-8-15(16)17/h1-9,12,14,18,22H,10-11H2,(H,23,26)/t18-/m1/s1. The average Bonchev–Trinajstić information content (AvgIpc) is 3.25. The predicted octanol–water partition coefficient (Wildman–Crippen LogP) is 4.33. The van der Waals surface area contributed by atoms with Gasteiger partial charge in [0.25, 0.3) is 11.1 Å². The lowest BCUT2D eigenvalue weighted by Crippen LogP contribution is -2.29. The quantitative estimate of drug-likeness (QED) is 0.479. The number of hydrogen-bond donors (Lipinski definition) is 2. The number of para-hydroxylation sites is 1. The maximum absolute atomic E-state index is 12.8. The van der Waals surface area contributed by atoms with Crippen molar-refractivity contribution >= 4 is 28.6 Å². The Balaban J connectivity index is 1.42. The van der Waals surface area contributed by atoms with E-state index in [4.69, 9.17) is 4.42 Å². The Morgan fingerprint density at radius 3 is 2.71 bits per heavy atom. The van der Waals surface area contributed by atoms with Crippen LogP contribution in [0.1, 0.15) is 23.7 Å². The van der Waals surface area contributed by atoms with Crippen LogP contribution in [0.25, 0.3) is 22.4 Å². The molecule has 2 aromatic heterocycles. The molecule has 7 heteroatoms. The molecule has 0 aliphatic heterocycles. The third-order valence-electron chi connectivity index (χ3n) is 4.71. The van der Waals surface area contributed by atoms with E-state index in [9.17, 15) is 4.79 Å². The molecule has 1 amide bonds. The molecular weight excluding hydrogens is 372 g/mol. The minimum Gasteiger partial charge on any atom is -0.411 e. The van der Waals surface area contributed by atoms with E-state index < -0.39 is 5.25 Å². The summed E-state index contributed by atoms with van der Waals surface area (Å²) in [6, 6.07) is 17.9. The molecule has 140 valence electrons. The van der Waals surface area contributed by atoms with Crippen molar-refractivity contribution in [2.24, 2.45) is 0 Å². The number of nitrogens with zero attached hydrogens (tertiary/aromatic N) is 2. The highest BCUT2D eigenvalue weighted by molar-refractivity contribution is 8.00. The SMILES string of the molecule is O=C(NC1CC1)[C@H](Sc1nnc(-c2c[nH]c3ccccc23)o1)c1ccccc1. The molecule has 0 saturated heterocycles. The summed E-state index contributed by atoms with van der Waals surface area (Å²) < 4.78 is 5.90. The summed E-state index contributed by atoms with van der Waals surface area (Å²) in [6.07, 6.45) is 3.95. The first-order valence-electron chi connectivity index (χ1n) is 9.20. The lowest BCUT2D eigenvalue weighted by Gasteiger charge is -2.14. The smallest absolute Gasteiger partial charge is 0.277 e. The molecule has 6 nitrogen and oxygen atoms in total. The van der Waals surface area contributed by atoms with E-state index in [-0.39, 0.29) is 5.91 Å². The number of hydrogen-bond acceptors (Lipinski definition) is 5. The summed E-state index contributed by atoms with van der Waals surface area (Å²) in [5, 5.41) is 12.4. The lowest BCUT2D eigenvalue weighted by molar-refractivity contribution is -0.120. The number of aromatic nitrogens is 3. The Morgan fingerprint density at radius 2 is 1.89 bits per heavy atom. The van der Waals surface area contributed by atoms with Gasteiger partial charge in [0.05, 0.1) is 5.56 Å². The number of benzene rings is 2. The van der Waals surface area contributed by atoms with E-state index in [1.807, 2.05) is 60.8 Å². The largest absolute Gasteiger partial charge is 0.411 e. The van der Waals surface area contributed by atoms with E-state index in [2.05, 4.69) is 20.5 Å². The van der Waals surface area contributed by atoms with Gasteiger partial charge in [0.1, 0.15) is 5.25 Å². The summed E-state index contributed by atoms with van der Waals surface area (Å²) in [5.41, 5.74) is 2.78. The van der Waals surface area contributed by atoms with Gasteiger partial charge in [-0.05, 0) is 36.2 Å². The Bertz CT molecular complexity index is 1120. The summed E-state index contributed by atoms with van der Waals surface area (Å²) in [6.45, 7) is 0. The number of amides is 1. The molecule has 1 aliphatic rings. The highest BCUT2D eigenvalue weighted by atomic mass is 32.2. The normalized spacial score (nSPS) is 14.9. The first-order valence-corrected chi connectivity index (χ1v) is 10.1. The molecule has 2 aromatic carbocycles. The molecule has 0 unspecified atom stereocenters. The molecule has 1 fully saturated rings. The fourth-order valence-corrected chi connectivity index (χ4v) is 4.01. The molecule has 0 radical (unpaired) electrons. The molecule has 1 saturated carbocycles. The third kappa shape index (κ3) is 3.41. The molecule has 1 aliphatic carbocycles. The van der Waals surface area contributed by atoms with Gasteiger partial charge in [0.2, 0.25) is 5.91 Å². The zero-order valence-electron chi connectivity index (χ0n) is 15.0. The first-order chi connectivity index (χ1) is 13.8. The number of nitrogens with one attached hydrogen (secondary N) is 2. The van der Waals surface area contributed by atoms with Crippen molar-refractivity contribution < 1.29 is 9.21 Å². The maximum atomic E-state index is 12.8. The number of carbonyl (C=O) groups excluding carboxylic acids is 1. The zero-order valence-corrected chi connectivity index (χ0v) is 15.8. The summed E-state index contributed by atoms with van der Waals surface area (Å²) in [4.78, 5) is 16.0. The fraction of sp³-hybridized carbons (Fsp3) is 0.190. The van der Waals surface area contributed by atoms with Crippen LogP contribution in [0.5, 0.6) is 0 Å². The molecule has 2 heterocycles. The van der Waals surface area contributed by atoms with Gasteiger partial charge in [-0.3, -0.25) is 4.79 Å². The minimum atomic E-state index is -0.432. The van der Waals surface area contributed by atoms with Gasteiger partial charge in [-0.15, -0.1) is 10.2 Å². The number of carbonyl (C=O) groups is 1. The number of rotatable bonds is 6. The lowest BCUT2D eigenvalue weighted by atomic mass is 10.1. The van der Waals surface area contributed by atoms with Crippen molar-refractivity contribution in [3.05, 3.63) is 66.4 Å². The molecule has 1 atom stereocenters. The molecule has 4 aromatic rings. The number of fused-ring (bicyclic) bond motifs is 1. The molecular formula is C21H18N4O2S. The van der Waals surface area contributed by atoms with Crippen molar-refractivity contribution in [3.63, 3.8) is 0 Å². The van der Waals surface area contributed by atoms with Gasteiger partial charge in [-0.1, -0.05) is 48.5 Å². The third-order valence-corrected chi connectivity index (χ3v) is 5.80. The topological polar surface area (TPSA) is 83.8 Å². The van der Waals surface area contributed by atoms with Gasteiger partial charge in [-0.25, -0.2) is 0 Å². The van der Waals surface area contributed by atoms with Crippen LogP contribution < -0.4 is 5.32 Å². The molecule has 28 heavy (non-hydrogen) atoms. The maximum Gasteiger partial charge on any atom is 0.277 e. The van der Waals surface area contributed by atoms with Crippen LogP contribution in [0.2, 0.25) is 0 Å². The fourth-order valence-electron chi connectivity index (χ4n) is 3.12. The van der Waals surface area contributed by atoms with Crippen molar-refractivity contribution in [1.29, 1.82) is 0 Å². The van der Waals surface area contributed by atoms with Crippen LogP contribution >= 0.6 is 11.8 Å². The summed E-state index contributed by atoms with van der Waals surface area (Å²) in [7, 11) is 0.